The molecule has 0 unspecified atom stereocenters. The predicted molar refractivity (Wildman–Crippen MR) is 105 cm³/mol. The molecule has 0 atom stereocenters. The fraction of sp³-hybridized carbons (Fsp3) is 0.478. The van der Waals surface area contributed by atoms with Gasteiger partial charge in [0.2, 0.25) is 0 Å². The zero-order chi connectivity index (χ0) is 16.2. The van der Waals surface area contributed by atoms with Crippen LogP contribution in [0.3, 0.4) is 0 Å². The van der Waals surface area contributed by atoms with Crippen molar-refractivity contribution in [2.75, 3.05) is 0 Å². The summed E-state index contributed by atoms with van der Waals surface area (Å²) in [5.74, 6) is 3.12. The molecule has 1 heteroatoms. The van der Waals surface area contributed by atoms with Gasteiger partial charge in [0.1, 0.15) is 0 Å². The van der Waals surface area contributed by atoms with Crippen LogP contribution in [0, 0.1) is 17.8 Å². The van der Waals surface area contributed by atoms with Gasteiger partial charge in [0.05, 0.1) is 0 Å². The first-order valence-electron chi connectivity index (χ1n) is 9.81. The minimum atomic E-state index is -2.72. The molecule has 4 fully saturated rings. The Morgan fingerprint density at radius 3 is 1.42 bits per heavy atom. The Morgan fingerprint density at radius 2 is 1.04 bits per heavy atom. The van der Waals surface area contributed by atoms with E-state index in [1.165, 1.54) is 19.3 Å². The third kappa shape index (κ3) is 2.18. The maximum absolute atomic E-state index is 2.77. The normalized spacial score (nSPS) is 34.5. The van der Waals surface area contributed by atoms with Gasteiger partial charge in [-0.3, -0.25) is 0 Å². The van der Waals surface area contributed by atoms with Gasteiger partial charge in [-0.2, -0.15) is 0 Å². The monoisotopic (exact) mass is 424 g/mol. The number of rotatable bonds is 3. The Kier molecular flexibility index (Phi) is 3.63. The van der Waals surface area contributed by atoms with Gasteiger partial charge in [0.15, 0.2) is 0 Å². The second-order valence-electron chi connectivity index (χ2n) is 9.05. The molecule has 2 aromatic carbocycles. The molecule has 4 saturated carbocycles. The van der Waals surface area contributed by atoms with Gasteiger partial charge in [0, 0.05) is 0 Å². The van der Waals surface area contributed by atoms with Gasteiger partial charge in [-0.05, 0) is 0 Å². The molecule has 0 radical (unpaired) electrons. The maximum atomic E-state index is 2.77. The average Bonchev–Trinajstić information content (AvgIpc) is 2.61. The molecule has 4 aliphatic carbocycles. The Bertz CT molecular complexity index is 643. The summed E-state index contributed by atoms with van der Waals surface area (Å²) in [6.07, 6.45) is 9.25. The van der Waals surface area contributed by atoms with Crippen LogP contribution in [0.5, 0.6) is 0 Å². The Labute approximate surface area is 150 Å². The summed E-state index contributed by atoms with van der Waals surface area (Å²) in [5, 5.41) is 0. The third-order valence-electron chi connectivity index (χ3n) is 7.80. The van der Waals surface area contributed by atoms with Crippen LogP contribution in [0.1, 0.15) is 38.5 Å². The molecule has 2 aromatic rings. The molecule has 0 spiro atoms. The summed E-state index contributed by atoms with van der Waals surface area (Å²) in [6, 6.07) is 23.4. The zero-order valence-electron chi connectivity index (χ0n) is 14.7. The predicted octanol–water partition coefficient (Wildman–Crippen LogP) is 4.85. The van der Waals surface area contributed by atoms with Gasteiger partial charge >= 0.3 is 151 Å². The van der Waals surface area contributed by atoms with Crippen molar-refractivity contribution in [2.45, 2.75) is 46.9 Å². The summed E-state index contributed by atoms with van der Waals surface area (Å²) in [4.78, 5) is 2.77. The Balaban J connectivity index is 1.70. The molecule has 24 heavy (non-hydrogen) atoms. The van der Waals surface area contributed by atoms with Crippen molar-refractivity contribution in [3.05, 3.63) is 60.7 Å². The molecule has 124 valence electrons. The van der Waals surface area contributed by atoms with E-state index in [2.05, 4.69) is 65.6 Å². The van der Waals surface area contributed by atoms with E-state index in [0.29, 0.717) is 3.43 Å². The van der Waals surface area contributed by atoms with Crippen LogP contribution < -0.4 is 7.16 Å². The second-order valence-corrected chi connectivity index (χ2v) is 21.8. The van der Waals surface area contributed by atoms with E-state index < -0.39 is 18.4 Å². The van der Waals surface area contributed by atoms with Crippen molar-refractivity contribution in [3.8, 4) is 0 Å². The van der Waals surface area contributed by atoms with Gasteiger partial charge in [-0.1, -0.05) is 0 Å². The number of benzene rings is 2. The number of hydrogen-bond donors (Lipinski definition) is 0. The quantitative estimate of drug-likeness (QED) is 0.620. The summed E-state index contributed by atoms with van der Waals surface area (Å²) in [5.41, 5.74) is 0. The second kappa shape index (κ2) is 5.62. The van der Waals surface area contributed by atoms with Crippen molar-refractivity contribution >= 4 is 25.5 Å². The fourth-order valence-electron chi connectivity index (χ4n) is 7.05. The van der Waals surface area contributed by atoms with Crippen molar-refractivity contribution < 1.29 is 0 Å². The molecule has 0 saturated heterocycles. The topological polar surface area (TPSA) is 0 Å². The van der Waals surface area contributed by atoms with E-state index >= 15 is 0 Å². The number of hydrogen-bond acceptors (Lipinski definition) is 0. The van der Waals surface area contributed by atoms with Crippen LogP contribution in [0.2, 0.25) is 8.37 Å². The Hall–Kier alpha value is -0.761. The molecular weight excluding hydrogens is 395 g/mol. The molecular formula is C23H28Sn. The molecule has 4 aliphatic rings. The zero-order valence-corrected chi connectivity index (χ0v) is 17.6. The van der Waals surface area contributed by atoms with Crippen molar-refractivity contribution in [1.29, 1.82) is 0 Å². The molecule has 0 amide bonds. The minimum absolute atomic E-state index is 0.673. The molecule has 0 aromatic heterocycles. The van der Waals surface area contributed by atoms with Gasteiger partial charge in [-0.25, -0.2) is 0 Å². The van der Waals surface area contributed by atoms with Crippen molar-refractivity contribution in [3.63, 3.8) is 0 Å². The van der Waals surface area contributed by atoms with E-state index in [1.54, 1.807) is 26.4 Å². The van der Waals surface area contributed by atoms with Crippen LogP contribution in [-0.4, -0.2) is 18.4 Å². The standard InChI is InChI=1S/C10H15.2C6H5.CH3.Sn/c1-7-2-9-4-8(1)5-10(3-7)6-9;2*1-2-4-6-5-3-1;;/h7-9H,1-6H2;2*1-5H;1H3;. The fourth-order valence-corrected chi connectivity index (χ4v) is 22.4. The van der Waals surface area contributed by atoms with E-state index in [0.717, 1.165) is 17.8 Å². The third-order valence-corrected chi connectivity index (χ3v) is 24.1. The van der Waals surface area contributed by atoms with Gasteiger partial charge in [0.25, 0.3) is 0 Å². The van der Waals surface area contributed by atoms with E-state index in [1.807, 2.05) is 0 Å². The average molecular weight is 423 g/mol. The molecule has 0 nitrogen and oxygen atoms in total. The van der Waals surface area contributed by atoms with E-state index in [4.69, 9.17) is 0 Å². The molecule has 6 rings (SSSR count). The van der Waals surface area contributed by atoms with Gasteiger partial charge in [-0.15, -0.1) is 0 Å². The Morgan fingerprint density at radius 1 is 0.667 bits per heavy atom. The van der Waals surface area contributed by atoms with Crippen molar-refractivity contribution in [2.24, 2.45) is 17.8 Å². The summed E-state index contributed by atoms with van der Waals surface area (Å²) >= 11 is -2.72. The summed E-state index contributed by atoms with van der Waals surface area (Å²) in [7, 11) is 0. The first-order valence-corrected chi connectivity index (χ1v) is 16.9. The molecule has 0 aliphatic heterocycles. The van der Waals surface area contributed by atoms with Gasteiger partial charge < -0.3 is 0 Å². The van der Waals surface area contributed by atoms with Crippen molar-refractivity contribution in [1.82, 2.24) is 0 Å². The van der Waals surface area contributed by atoms with Crippen LogP contribution in [0.25, 0.3) is 0 Å². The first-order chi connectivity index (χ1) is 11.7. The molecule has 0 heterocycles. The molecule has 0 N–H and O–H groups in total. The summed E-state index contributed by atoms with van der Waals surface area (Å²) in [6.45, 7) is 0. The molecule has 4 bridgehead atoms. The van der Waals surface area contributed by atoms with E-state index in [-0.39, 0.29) is 0 Å². The van der Waals surface area contributed by atoms with Crippen LogP contribution in [0.4, 0.5) is 0 Å². The first kappa shape index (κ1) is 15.5. The van der Waals surface area contributed by atoms with Crippen LogP contribution in [-0.2, 0) is 0 Å². The van der Waals surface area contributed by atoms with E-state index in [9.17, 15) is 0 Å². The summed E-state index contributed by atoms with van der Waals surface area (Å²) < 4.78 is 4.14. The van der Waals surface area contributed by atoms with Crippen LogP contribution in [0.15, 0.2) is 60.7 Å². The van der Waals surface area contributed by atoms with Crippen LogP contribution >= 0.6 is 0 Å². The SMILES string of the molecule is [CH3][Sn]([c]1ccccc1)([c]1ccccc1)[C]12CC3CC(CC(C3)C1)C2.